The number of carboxylic acid groups (broad SMARTS) is 1. The molecule has 0 saturated carbocycles. The molecule has 1 heterocycles. The second-order valence-electron chi connectivity index (χ2n) is 5.02. The average molecular weight is 314 g/mol. The summed E-state index contributed by atoms with van der Waals surface area (Å²) in [4.78, 5) is 22.9. The van der Waals surface area contributed by atoms with E-state index in [1.165, 1.54) is 12.1 Å². The summed E-state index contributed by atoms with van der Waals surface area (Å²) in [6, 6.07) is 11.4. The third-order valence-electron chi connectivity index (χ3n) is 3.32. The highest BCUT2D eigenvalue weighted by molar-refractivity contribution is 5.88. The number of carbonyl (C=O) groups excluding carboxylic acids is 1. The van der Waals surface area contributed by atoms with E-state index < -0.39 is 5.97 Å². The minimum atomic E-state index is -1.02. The molecule has 0 amide bonds. The first kappa shape index (κ1) is 14.9. The maximum Gasteiger partial charge on any atom is 0.335 e. The Hall–Kier alpha value is -3.02. The Bertz CT molecular complexity index is 752. The van der Waals surface area contributed by atoms with E-state index in [4.69, 9.17) is 19.3 Å². The monoisotopic (exact) mass is 314 g/mol. The van der Waals surface area contributed by atoms with Crippen LogP contribution in [0.3, 0.4) is 0 Å². The van der Waals surface area contributed by atoms with Gasteiger partial charge in [-0.2, -0.15) is 0 Å². The molecule has 2 aromatic rings. The predicted octanol–water partition coefficient (Wildman–Crippen LogP) is 2.30. The summed E-state index contributed by atoms with van der Waals surface area (Å²) in [5, 5.41) is 8.94. The van der Waals surface area contributed by atoms with E-state index in [0.29, 0.717) is 22.8 Å². The van der Waals surface area contributed by atoms with E-state index in [2.05, 4.69) is 0 Å². The maximum atomic E-state index is 12.0. The van der Waals surface area contributed by atoms with Crippen molar-refractivity contribution in [2.24, 2.45) is 0 Å². The molecule has 0 bridgehead atoms. The van der Waals surface area contributed by atoms with Crippen LogP contribution in [0.5, 0.6) is 17.2 Å². The first-order chi connectivity index (χ1) is 11.1. The fraction of sp³-hybridized carbons (Fsp3) is 0.176. The van der Waals surface area contributed by atoms with Gasteiger partial charge in [0.15, 0.2) is 17.3 Å². The molecule has 0 unspecified atom stereocenters. The van der Waals surface area contributed by atoms with Crippen molar-refractivity contribution in [2.75, 3.05) is 13.4 Å². The minimum Gasteiger partial charge on any atom is -0.486 e. The van der Waals surface area contributed by atoms with Crippen LogP contribution in [-0.2, 0) is 11.2 Å². The van der Waals surface area contributed by atoms with Gasteiger partial charge < -0.3 is 19.3 Å². The Kier molecular flexibility index (Phi) is 4.14. The van der Waals surface area contributed by atoms with Crippen molar-refractivity contribution in [1.82, 2.24) is 0 Å². The average Bonchev–Trinajstić information content (AvgIpc) is 3.01. The summed E-state index contributed by atoms with van der Waals surface area (Å²) in [6.45, 7) is 0.0780. The Morgan fingerprint density at radius 1 is 1.09 bits per heavy atom. The number of Topliss-reactive ketones (excluding diaryl/α,β-unsaturated/α-hetero) is 1. The summed E-state index contributed by atoms with van der Waals surface area (Å²) >= 11 is 0. The molecule has 1 aliphatic rings. The topological polar surface area (TPSA) is 82.1 Å². The highest BCUT2D eigenvalue weighted by Gasteiger charge is 2.14. The Labute approximate surface area is 132 Å². The van der Waals surface area contributed by atoms with Crippen molar-refractivity contribution in [3.05, 3.63) is 53.6 Å². The molecule has 0 spiro atoms. The Balaban J connectivity index is 1.57. The third-order valence-corrected chi connectivity index (χ3v) is 3.32. The molecule has 0 radical (unpaired) electrons. The van der Waals surface area contributed by atoms with Crippen LogP contribution >= 0.6 is 0 Å². The number of hydrogen-bond donors (Lipinski definition) is 1. The fourth-order valence-corrected chi connectivity index (χ4v) is 2.22. The largest absolute Gasteiger partial charge is 0.486 e. The third kappa shape index (κ3) is 3.60. The first-order valence-electron chi connectivity index (χ1n) is 6.98. The quantitative estimate of drug-likeness (QED) is 0.881. The lowest BCUT2D eigenvalue weighted by molar-refractivity contribution is -0.120. The molecule has 0 aliphatic carbocycles. The number of hydrogen-bond acceptors (Lipinski definition) is 5. The SMILES string of the molecule is O=C(COc1ccc2c(c1)OCO2)Cc1cccc(C(=O)O)c1. The zero-order valence-electron chi connectivity index (χ0n) is 12.2. The second kappa shape index (κ2) is 6.39. The standard InChI is InChI=1S/C17H14O6/c18-13(7-11-2-1-3-12(6-11)17(19)20)9-21-14-4-5-15-16(8-14)23-10-22-15/h1-6,8H,7,9-10H2,(H,19,20). The molecule has 0 aromatic heterocycles. The number of rotatable bonds is 6. The van der Waals surface area contributed by atoms with Crippen LogP contribution in [-0.4, -0.2) is 30.3 Å². The van der Waals surface area contributed by atoms with E-state index in [1.807, 2.05) is 0 Å². The van der Waals surface area contributed by atoms with Gasteiger partial charge in [0, 0.05) is 12.5 Å². The Morgan fingerprint density at radius 3 is 2.74 bits per heavy atom. The lowest BCUT2D eigenvalue weighted by atomic mass is 10.1. The van der Waals surface area contributed by atoms with Gasteiger partial charge in [-0.1, -0.05) is 12.1 Å². The molecule has 0 saturated heterocycles. The zero-order valence-corrected chi connectivity index (χ0v) is 12.2. The number of ketones is 1. The lowest BCUT2D eigenvalue weighted by Gasteiger charge is -2.07. The highest BCUT2D eigenvalue weighted by Crippen LogP contribution is 2.35. The van der Waals surface area contributed by atoms with Gasteiger partial charge in [0.1, 0.15) is 12.4 Å². The molecule has 1 aliphatic heterocycles. The van der Waals surface area contributed by atoms with E-state index in [9.17, 15) is 9.59 Å². The molecule has 1 N–H and O–H groups in total. The van der Waals surface area contributed by atoms with E-state index >= 15 is 0 Å². The zero-order chi connectivity index (χ0) is 16.2. The normalized spacial score (nSPS) is 12.0. The van der Waals surface area contributed by atoms with Gasteiger partial charge in [-0.05, 0) is 29.8 Å². The van der Waals surface area contributed by atoms with Crippen molar-refractivity contribution >= 4 is 11.8 Å². The van der Waals surface area contributed by atoms with Gasteiger partial charge in [0.05, 0.1) is 5.56 Å². The van der Waals surface area contributed by atoms with E-state index in [0.717, 1.165) is 0 Å². The molecule has 6 nitrogen and oxygen atoms in total. The van der Waals surface area contributed by atoms with Gasteiger partial charge >= 0.3 is 5.97 Å². The van der Waals surface area contributed by atoms with Gasteiger partial charge in [0.2, 0.25) is 6.79 Å². The van der Waals surface area contributed by atoms with Crippen molar-refractivity contribution < 1.29 is 28.9 Å². The second-order valence-corrected chi connectivity index (χ2v) is 5.02. The van der Waals surface area contributed by atoms with Crippen LogP contribution in [0, 0.1) is 0 Å². The van der Waals surface area contributed by atoms with Gasteiger partial charge in [-0.25, -0.2) is 4.79 Å². The van der Waals surface area contributed by atoms with Crippen molar-refractivity contribution in [2.45, 2.75) is 6.42 Å². The number of carbonyl (C=O) groups is 2. The van der Waals surface area contributed by atoms with E-state index in [1.54, 1.807) is 30.3 Å². The first-order valence-corrected chi connectivity index (χ1v) is 6.98. The number of aromatic carboxylic acids is 1. The fourth-order valence-electron chi connectivity index (χ4n) is 2.22. The minimum absolute atomic E-state index is 0.100. The smallest absolute Gasteiger partial charge is 0.335 e. The number of ether oxygens (including phenoxy) is 3. The summed E-state index contributed by atoms with van der Waals surface area (Å²) in [5.74, 6) is 0.585. The molecule has 0 fully saturated rings. The molecule has 3 rings (SSSR count). The molecule has 23 heavy (non-hydrogen) atoms. The van der Waals surface area contributed by atoms with E-state index in [-0.39, 0.29) is 31.2 Å². The maximum absolute atomic E-state index is 12.0. The summed E-state index contributed by atoms with van der Waals surface area (Å²) < 4.78 is 15.9. The molecule has 118 valence electrons. The van der Waals surface area contributed by atoms with Crippen molar-refractivity contribution in [1.29, 1.82) is 0 Å². The Morgan fingerprint density at radius 2 is 1.91 bits per heavy atom. The van der Waals surface area contributed by atoms with Crippen LogP contribution in [0.15, 0.2) is 42.5 Å². The predicted molar refractivity (Wildman–Crippen MR) is 80.2 cm³/mol. The summed E-state index contributed by atoms with van der Waals surface area (Å²) in [7, 11) is 0. The molecule has 0 atom stereocenters. The van der Waals surface area contributed by atoms with Gasteiger partial charge in [-0.15, -0.1) is 0 Å². The molecular formula is C17H14O6. The van der Waals surface area contributed by atoms with Crippen LogP contribution in [0.1, 0.15) is 15.9 Å². The summed E-state index contributed by atoms with van der Waals surface area (Å²) in [6.07, 6.45) is 0.117. The highest BCUT2D eigenvalue weighted by atomic mass is 16.7. The van der Waals surface area contributed by atoms with Crippen molar-refractivity contribution in [3.63, 3.8) is 0 Å². The van der Waals surface area contributed by atoms with Gasteiger partial charge in [-0.3, -0.25) is 4.79 Å². The molecule has 2 aromatic carbocycles. The van der Waals surface area contributed by atoms with Crippen LogP contribution in [0.4, 0.5) is 0 Å². The lowest BCUT2D eigenvalue weighted by Crippen LogP contribution is -2.14. The molecular weight excluding hydrogens is 300 g/mol. The number of fused-ring (bicyclic) bond motifs is 1. The number of carboxylic acids is 1. The number of benzene rings is 2. The van der Waals surface area contributed by atoms with Crippen LogP contribution in [0.25, 0.3) is 0 Å². The summed E-state index contributed by atoms with van der Waals surface area (Å²) in [5.41, 5.74) is 0.802. The van der Waals surface area contributed by atoms with Crippen LogP contribution < -0.4 is 14.2 Å². The van der Waals surface area contributed by atoms with Crippen LogP contribution in [0.2, 0.25) is 0 Å². The van der Waals surface area contributed by atoms with Crippen molar-refractivity contribution in [3.8, 4) is 17.2 Å². The van der Waals surface area contributed by atoms with Gasteiger partial charge in [0.25, 0.3) is 0 Å². The molecule has 6 heteroatoms.